The lowest BCUT2D eigenvalue weighted by Crippen LogP contribution is -2.16. The molecule has 0 saturated carbocycles. The minimum atomic E-state index is -0.612. The standard InChI is InChI=1S/C21H14Cl2N4O2S/c1-30-21-25-20-18(26-27-21)13-4-2-3-5-15(13)24-19(29-20)17-9-8-16(28-17)12-7-6-11(22)10-14(12)23/h2-10,19,24H,1H3/t19-/m1/s1. The van der Waals surface area contributed by atoms with Crippen LogP contribution in [0.4, 0.5) is 5.69 Å². The number of para-hydroxylation sites is 1. The van der Waals surface area contributed by atoms with E-state index in [1.54, 1.807) is 12.1 Å². The van der Waals surface area contributed by atoms with Crippen LogP contribution in [0.5, 0.6) is 5.88 Å². The predicted octanol–water partition coefficient (Wildman–Crippen LogP) is 6.33. The zero-order valence-electron chi connectivity index (χ0n) is 15.6. The van der Waals surface area contributed by atoms with Crippen LogP contribution < -0.4 is 10.1 Å². The quantitative estimate of drug-likeness (QED) is 0.361. The lowest BCUT2D eigenvalue weighted by atomic mass is 10.1. The van der Waals surface area contributed by atoms with Gasteiger partial charge in [0.05, 0.1) is 5.02 Å². The van der Waals surface area contributed by atoms with Crippen LogP contribution in [0.3, 0.4) is 0 Å². The number of hydrogen-bond donors (Lipinski definition) is 1. The fourth-order valence-corrected chi connectivity index (χ4v) is 3.99. The van der Waals surface area contributed by atoms with Crippen LogP contribution in [0.1, 0.15) is 12.0 Å². The number of nitrogens with one attached hydrogen (secondary N) is 1. The van der Waals surface area contributed by atoms with Gasteiger partial charge in [-0.1, -0.05) is 53.2 Å². The molecule has 6 nitrogen and oxygen atoms in total. The van der Waals surface area contributed by atoms with Crippen molar-refractivity contribution >= 4 is 40.7 Å². The third kappa shape index (κ3) is 3.49. The molecule has 2 aromatic carbocycles. The minimum absolute atomic E-state index is 0.388. The lowest BCUT2D eigenvalue weighted by Gasteiger charge is -2.16. The van der Waals surface area contributed by atoms with Gasteiger partial charge >= 0.3 is 0 Å². The first kappa shape index (κ1) is 19.2. The zero-order valence-corrected chi connectivity index (χ0v) is 17.9. The van der Waals surface area contributed by atoms with E-state index in [0.29, 0.717) is 38.3 Å². The number of thioether (sulfide) groups is 1. The number of anilines is 1. The Bertz CT molecular complexity index is 1250. The molecule has 0 bridgehead atoms. The molecule has 0 radical (unpaired) electrons. The topological polar surface area (TPSA) is 73.1 Å². The van der Waals surface area contributed by atoms with Crippen LogP contribution in [0, 0.1) is 0 Å². The highest BCUT2D eigenvalue weighted by atomic mass is 35.5. The predicted molar refractivity (Wildman–Crippen MR) is 118 cm³/mol. The summed E-state index contributed by atoms with van der Waals surface area (Å²) in [7, 11) is 0. The third-order valence-electron chi connectivity index (χ3n) is 4.60. The Balaban J connectivity index is 1.56. The zero-order chi connectivity index (χ0) is 20.7. The SMILES string of the molecule is CSc1nnc2c(n1)O[C@H](c1ccc(-c3ccc(Cl)cc3Cl)o1)Nc1ccccc1-2. The fraction of sp³-hybridized carbons (Fsp3) is 0.0952. The van der Waals surface area contributed by atoms with Crippen LogP contribution in [0.25, 0.3) is 22.6 Å². The van der Waals surface area contributed by atoms with E-state index in [2.05, 4.69) is 20.5 Å². The molecule has 1 N–H and O–H groups in total. The van der Waals surface area contributed by atoms with Gasteiger partial charge < -0.3 is 14.5 Å². The van der Waals surface area contributed by atoms with Crippen LogP contribution in [-0.4, -0.2) is 21.4 Å². The molecular formula is C21H14Cl2N4O2S. The van der Waals surface area contributed by atoms with Gasteiger partial charge in [0.1, 0.15) is 5.76 Å². The second kappa shape index (κ2) is 7.83. The summed E-state index contributed by atoms with van der Waals surface area (Å²) >= 11 is 13.7. The summed E-state index contributed by atoms with van der Waals surface area (Å²) in [5, 5.41) is 13.5. The summed E-state index contributed by atoms with van der Waals surface area (Å²) in [6, 6.07) is 16.7. The molecule has 0 aliphatic carbocycles. The number of nitrogens with zero attached hydrogens (tertiary/aromatic N) is 3. The maximum atomic E-state index is 6.33. The van der Waals surface area contributed by atoms with E-state index in [1.165, 1.54) is 11.8 Å². The van der Waals surface area contributed by atoms with E-state index in [4.69, 9.17) is 32.4 Å². The summed E-state index contributed by atoms with van der Waals surface area (Å²) in [5.74, 6) is 1.57. The van der Waals surface area contributed by atoms with E-state index in [0.717, 1.165) is 16.8 Å². The highest BCUT2D eigenvalue weighted by Crippen LogP contribution is 2.40. The van der Waals surface area contributed by atoms with Crippen LogP contribution in [0.15, 0.2) is 64.2 Å². The second-order valence-electron chi connectivity index (χ2n) is 6.47. The highest BCUT2D eigenvalue weighted by molar-refractivity contribution is 7.98. The molecule has 5 rings (SSSR count). The first-order chi connectivity index (χ1) is 14.6. The Morgan fingerprint density at radius 3 is 2.70 bits per heavy atom. The summed E-state index contributed by atoms with van der Waals surface area (Å²) in [5.41, 5.74) is 3.02. The summed E-state index contributed by atoms with van der Waals surface area (Å²) < 4.78 is 12.3. The number of ether oxygens (including phenoxy) is 1. The third-order valence-corrected chi connectivity index (χ3v) is 5.68. The number of fused-ring (bicyclic) bond motifs is 3. The monoisotopic (exact) mass is 456 g/mol. The average molecular weight is 457 g/mol. The van der Waals surface area contributed by atoms with Crippen molar-refractivity contribution in [1.82, 2.24) is 15.2 Å². The van der Waals surface area contributed by atoms with Crippen molar-refractivity contribution in [3.8, 4) is 28.5 Å². The molecule has 30 heavy (non-hydrogen) atoms. The molecule has 1 aliphatic heterocycles. The smallest absolute Gasteiger partial charge is 0.247 e. The molecule has 0 fully saturated rings. The van der Waals surface area contributed by atoms with Gasteiger partial charge in [-0.3, -0.25) is 0 Å². The summed E-state index contributed by atoms with van der Waals surface area (Å²) in [6.45, 7) is 0. The van der Waals surface area contributed by atoms with Gasteiger partial charge in [0.25, 0.3) is 0 Å². The number of rotatable bonds is 3. The number of hydrogen-bond acceptors (Lipinski definition) is 7. The van der Waals surface area contributed by atoms with Gasteiger partial charge in [0.2, 0.25) is 17.3 Å². The number of halogens is 2. The molecular weight excluding hydrogens is 443 g/mol. The second-order valence-corrected chi connectivity index (χ2v) is 8.08. The fourth-order valence-electron chi connectivity index (χ4n) is 3.19. The first-order valence-electron chi connectivity index (χ1n) is 8.99. The number of benzene rings is 2. The maximum absolute atomic E-state index is 6.33. The van der Waals surface area contributed by atoms with E-state index in [-0.39, 0.29) is 0 Å². The normalized spacial score (nSPS) is 14.8. The van der Waals surface area contributed by atoms with E-state index in [9.17, 15) is 0 Å². The Hall–Kier alpha value is -2.74. The molecule has 1 aliphatic rings. The molecule has 0 unspecified atom stereocenters. The molecule has 2 aromatic heterocycles. The maximum Gasteiger partial charge on any atom is 0.247 e. The van der Waals surface area contributed by atoms with Gasteiger partial charge in [-0.15, -0.1) is 10.2 Å². The van der Waals surface area contributed by atoms with Gasteiger partial charge in [-0.25, -0.2) is 0 Å². The summed E-state index contributed by atoms with van der Waals surface area (Å²) in [4.78, 5) is 4.50. The van der Waals surface area contributed by atoms with Crippen LogP contribution in [-0.2, 0) is 0 Å². The van der Waals surface area contributed by atoms with Crippen molar-refractivity contribution < 1.29 is 9.15 Å². The Morgan fingerprint density at radius 1 is 1.00 bits per heavy atom. The minimum Gasteiger partial charge on any atom is -0.455 e. The molecule has 0 saturated heterocycles. The van der Waals surface area contributed by atoms with Gasteiger partial charge in [0.15, 0.2) is 11.5 Å². The molecule has 3 heterocycles. The summed E-state index contributed by atoms with van der Waals surface area (Å²) in [6.07, 6.45) is 1.27. The van der Waals surface area contributed by atoms with E-state index >= 15 is 0 Å². The van der Waals surface area contributed by atoms with Crippen LogP contribution in [0.2, 0.25) is 10.0 Å². The largest absolute Gasteiger partial charge is 0.455 e. The molecule has 150 valence electrons. The van der Waals surface area contributed by atoms with Crippen molar-refractivity contribution in [3.63, 3.8) is 0 Å². The Morgan fingerprint density at radius 2 is 1.87 bits per heavy atom. The molecule has 4 aromatic rings. The van der Waals surface area contributed by atoms with Crippen LogP contribution >= 0.6 is 35.0 Å². The van der Waals surface area contributed by atoms with Crippen molar-refractivity contribution in [3.05, 3.63) is 70.4 Å². The van der Waals surface area contributed by atoms with Crippen molar-refractivity contribution in [2.45, 2.75) is 11.4 Å². The van der Waals surface area contributed by atoms with Crippen molar-refractivity contribution in [2.24, 2.45) is 0 Å². The van der Waals surface area contributed by atoms with Gasteiger partial charge in [-0.2, -0.15) is 4.98 Å². The number of furan rings is 1. The Kier molecular flexibility index (Phi) is 5.02. The molecule has 0 amide bonds. The van der Waals surface area contributed by atoms with Gasteiger partial charge in [0, 0.05) is 21.8 Å². The molecule has 0 spiro atoms. The average Bonchev–Trinajstić information content (AvgIpc) is 3.17. The first-order valence-corrected chi connectivity index (χ1v) is 11.0. The number of aromatic nitrogens is 3. The van der Waals surface area contributed by atoms with E-state index in [1.807, 2.05) is 48.7 Å². The lowest BCUT2D eigenvalue weighted by molar-refractivity contribution is 0.196. The Labute approximate surface area is 186 Å². The van der Waals surface area contributed by atoms with E-state index < -0.39 is 6.23 Å². The highest BCUT2D eigenvalue weighted by Gasteiger charge is 2.28. The van der Waals surface area contributed by atoms with Crippen molar-refractivity contribution in [1.29, 1.82) is 0 Å². The molecule has 1 atom stereocenters. The van der Waals surface area contributed by atoms with Gasteiger partial charge in [-0.05, 0) is 42.7 Å². The van der Waals surface area contributed by atoms with Crippen molar-refractivity contribution in [2.75, 3.05) is 11.6 Å². The molecule has 9 heteroatoms.